The number of nitrogens with zero attached hydrogens (tertiary/aromatic N) is 8. The average Bonchev–Trinajstić information content (AvgIpc) is 3.28. The van der Waals surface area contributed by atoms with Crippen LogP contribution in [0.5, 0.6) is 0 Å². The number of hydrogen-bond donors (Lipinski definition) is 8. The van der Waals surface area contributed by atoms with Gasteiger partial charge in [-0.1, -0.05) is 29.3 Å². The van der Waals surface area contributed by atoms with E-state index in [1.807, 2.05) is 37.5 Å². The Morgan fingerprint density at radius 1 is 0.515 bits per heavy atom. The summed E-state index contributed by atoms with van der Waals surface area (Å²) in [6.45, 7) is 9.68. The lowest BCUT2D eigenvalue weighted by Gasteiger charge is -2.20. The van der Waals surface area contributed by atoms with E-state index in [-0.39, 0.29) is 57.1 Å². The molecule has 0 atom stereocenters. The normalized spacial score (nSPS) is 11.9. The van der Waals surface area contributed by atoms with Crippen LogP contribution in [0.15, 0.2) is 105 Å². The van der Waals surface area contributed by atoms with Crippen molar-refractivity contribution in [3.05, 3.63) is 96.1 Å². The molecule has 0 saturated carbocycles. The monoisotopic (exact) mass is 1010 g/mol. The molecule has 0 saturated heterocycles. The summed E-state index contributed by atoms with van der Waals surface area (Å²) < 4.78 is 109. The van der Waals surface area contributed by atoms with Gasteiger partial charge in [-0.25, -0.2) is 5.26 Å². The molecular weight excluding hydrogens is 969 g/mol. The highest BCUT2D eigenvalue weighted by Crippen LogP contribution is 2.30. The van der Waals surface area contributed by atoms with Gasteiger partial charge in [0.1, 0.15) is 9.79 Å². The van der Waals surface area contributed by atoms with Crippen LogP contribution in [-0.4, -0.2) is 100 Å². The van der Waals surface area contributed by atoms with Crippen molar-refractivity contribution in [2.75, 3.05) is 57.2 Å². The van der Waals surface area contributed by atoms with Crippen LogP contribution in [0.1, 0.15) is 38.8 Å². The van der Waals surface area contributed by atoms with Crippen LogP contribution in [0.25, 0.3) is 12.2 Å². The molecule has 4 aromatic carbocycles. The van der Waals surface area contributed by atoms with Crippen LogP contribution in [0, 0.1) is 0 Å². The van der Waals surface area contributed by atoms with Crippen LogP contribution in [-0.2, 0) is 39.7 Å². The van der Waals surface area contributed by atoms with Gasteiger partial charge in [0.25, 0.3) is 30.4 Å². The van der Waals surface area contributed by atoms with Crippen molar-refractivity contribution in [2.24, 2.45) is 0 Å². The maximum Gasteiger partial charge on any atom is 0.295 e. The summed E-state index contributed by atoms with van der Waals surface area (Å²) in [5.74, 6) is 0.655. The van der Waals surface area contributed by atoms with Gasteiger partial charge in [0.15, 0.2) is 0 Å². The second-order valence-corrected chi connectivity index (χ2v) is 18.9. The minimum absolute atomic E-state index is 0.0168. The van der Waals surface area contributed by atoms with E-state index < -0.39 is 40.1 Å². The molecule has 28 heteroatoms. The smallest absolute Gasteiger partial charge is 0.295 e. The van der Waals surface area contributed by atoms with Gasteiger partial charge in [-0.15, -0.1) is 4.33 Å². The van der Waals surface area contributed by atoms with Crippen molar-refractivity contribution in [3.8, 4) is 0 Å². The van der Waals surface area contributed by atoms with Gasteiger partial charge in [0.2, 0.25) is 35.7 Å². The first-order chi connectivity index (χ1) is 32.3. The standard InChI is InChI=1S/C40H44N12O12S4/c1-5-51(6-2)39-47-35(41-27-15-19-31(20-16-27)65-64-63-53)45-37(49-39)43-29-13-11-25(33(23-29)67(57,58)59)9-10-26-12-14-30(24-34(26)68(60,61)62)44-38-46-36(48-40(50-38)52(7-3)8-4)42-28-17-21-32(22-18-28)66(54,55)56/h9-24,53H,5-8H2,1-4H3,(H,54,55,56)(H,57,58,59)(H,60,61,62)(H2,41,43,45,47,49)(H2,42,44,46,48,50)/b10-9+. The lowest BCUT2D eigenvalue weighted by atomic mass is 10.1. The highest BCUT2D eigenvalue weighted by atomic mass is 32.2. The van der Waals surface area contributed by atoms with Gasteiger partial charge in [0.05, 0.1) is 16.9 Å². The van der Waals surface area contributed by atoms with Gasteiger partial charge in [0, 0.05) is 53.8 Å². The number of nitrogens with one attached hydrogen (secondary N) is 4. The van der Waals surface area contributed by atoms with E-state index in [1.165, 1.54) is 60.7 Å². The average molecular weight is 1010 g/mol. The van der Waals surface area contributed by atoms with Crippen LogP contribution in [0.2, 0.25) is 0 Å². The molecule has 2 heterocycles. The highest BCUT2D eigenvalue weighted by Gasteiger charge is 2.20. The molecule has 24 nitrogen and oxygen atoms in total. The lowest BCUT2D eigenvalue weighted by Crippen LogP contribution is -2.25. The Kier molecular flexibility index (Phi) is 16.4. The fraction of sp³-hybridized carbons (Fsp3) is 0.200. The van der Waals surface area contributed by atoms with E-state index in [0.717, 1.165) is 24.2 Å². The van der Waals surface area contributed by atoms with Gasteiger partial charge in [-0.2, -0.15) is 55.2 Å². The van der Waals surface area contributed by atoms with Crippen molar-refractivity contribution in [1.82, 2.24) is 29.9 Å². The molecule has 6 rings (SSSR count). The second kappa shape index (κ2) is 22.0. The Morgan fingerprint density at radius 2 is 0.868 bits per heavy atom. The molecule has 0 bridgehead atoms. The van der Waals surface area contributed by atoms with E-state index in [2.05, 4.69) is 60.5 Å². The number of rotatable bonds is 22. The second-order valence-electron chi connectivity index (χ2n) is 13.9. The van der Waals surface area contributed by atoms with Crippen molar-refractivity contribution in [3.63, 3.8) is 0 Å². The molecular formula is C40H44N12O12S4. The quantitative estimate of drug-likeness (QED) is 0.0111. The Balaban J connectivity index is 1.28. The van der Waals surface area contributed by atoms with Crippen molar-refractivity contribution in [2.45, 2.75) is 47.3 Å². The molecule has 0 aliphatic rings. The van der Waals surface area contributed by atoms with Gasteiger partial charge >= 0.3 is 0 Å². The molecule has 0 unspecified atom stereocenters. The molecule has 0 aliphatic carbocycles. The third-order valence-electron chi connectivity index (χ3n) is 9.56. The van der Waals surface area contributed by atoms with Crippen molar-refractivity contribution < 1.29 is 53.5 Å². The molecule has 0 spiro atoms. The van der Waals surface area contributed by atoms with Crippen LogP contribution >= 0.6 is 12.0 Å². The van der Waals surface area contributed by atoms with Crippen LogP contribution < -0.4 is 31.1 Å². The molecule has 0 amide bonds. The zero-order valence-electron chi connectivity index (χ0n) is 36.3. The fourth-order valence-electron chi connectivity index (χ4n) is 6.25. The van der Waals surface area contributed by atoms with E-state index in [1.54, 1.807) is 24.3 Å². The summed E-state index contributed by atoms with van der Waals surface area (Å²) in [4.78, 5) is 29.6. The highest BCUT2D eigenvalue weighted by molar-refractivity contribution is 7.94. The maximum absolute atomic E-state index is 12.8. The number of anilines is 10. The summed E-state index contributed by atoms with van der Waals surface area (Å²) in [6, 6.07) is 19.8. The summed E-state index contributed by atoms with van der Waals surface area (Å²) in [5, 5.41) is 24.0. The van der Waals surface area contributed by atoms with E-state index in [9.17, 15) is 38.9 Å². The number of aromatic nitrogens is 6. The van der Waals surface area contributed by atoms with E-state index in [4.69, 9.17) is 5.26 Å². The predicted octanol–water partition coefficient (Wildman–Crippen LogP) is 7.06. The number of hydrogen-bond acceptors (Lipinski definition) is 22. The Labute approximate surface area is 395 Å². The molecule has 2 aromatic heterocycles. The van der Waals surface area contributed by atoms with Gasteiger partial charge in [-0.3, -0.25) is 13.7 Å². The molecule has 0 fully saturated rings. The van der Waals surface area contributed by atoms with Crippen LogP contribution in [0.4, 0.5) is 58.4 Å². The van der Waals surface area contributed by atoms with Crippen molar-refractivity contribution >= 4 is 113 Å². The third kappa shape index (κ3) is 13.5. The van der Waals surface area contributed by atoms with Gasteiger partial charge < -0.3 is 31.1 Å². The largest absolute Gasteiger partial charge is 0.341 e. The van der Waals surface area contributed by atoms with E-state index in [0.29, 0.717) is 48.4 Å². The summed E-state index contributed by atoms with van der Waals surface area (Å²) in [5.41, 5.74) is 1.09. The molecule has 0 radical (unpaired) electrons. The lowest BCUT2D eigenvalue weighted by molar-refractivity contribution is -0.432. The topological polar surface area (TPSA) is 334 Å². The zero-order valence-corrected chi connectivity index (χ0v) is 39.6. The van der Waals surface area contributed by atoms with E-state index >= 15 is 0 Å². The third-order valence-corrected chi connectivity index (χ3v) is 12.8. The molecule has 6 aromatic rings. The maximum atomic E-state index is 12.8. The fourth-order valence-corrected chi connectivity index (χ4v) is 8.51. The first-order valence-corrected chi connectivity index (χ1v) is 25.2. The Morgan fingerprint density at radius 3 is 1.21 bits per heavy atom. The summed E-state index contributed by atoms with van der Waals surface area (Å²) in [7, 11) is -14.3. The SMILES string of the molecule is CCN(CC)c1nc(Nc2ccc(SOOO)cc2)nc(Nc2ccc(/C=C/c3ccc(Nc4nc(Nc5ccc(S(=O)(=O)O)cc5)nc(N(CC)CC)n4)cc3S(=O)(=O)O)c(S(=O)(=O)O)c2)n1. The molecule has 8 N–H and O–H groups in total. The first kappa shape index (κ1) is 50.8. The first-order valence-electron chi connectivity index (χ1n) is 20.1. The summed E-state index contributed by atoms with van der Waals surface area (Å²) >= 11 is 0.780. The molecule has 360 valence electrons. The Bertz CT molecular complexity index is 3110. The number of benzene rings is 4. The van der Waals surface area contributed by atoms with Crippen molar-refractivity contribution in [1.29, 1.82) is 0 Å². The minimum atomic E-state index is -4.92. The predicted molar refractivity (Wildman–Crippen MR) is 255 cm³/mol. The van der Waals surface area contributed by atoms with Crippen LogP contribution in [0.3, 0.4) is 0 Å². The summed E-state index contributed by atoms with van der Waals surface area (Å²) in [6.07, 6.45) is 2.47. The molecule has 68 heavy (non-hydrogen) atoms. The minimum Gasteiger partial charge on any atom is -0.341 e. The van der Waals surface area contributed by atoms with Gasteiger partial charge in [-0.05, 0) is 112 Å². The zero-order chi connectivity index (χ0) is 49.2. The Hall–Kier alpha value is -6.60. The molecule has 0 aliphatic heterocycles.